The normalized spacial score (nSPS) is 10.4. The number of nitrogens with zero attached hydrogens (tertiary/aromatic N) is 4. The fourth-order valence-electron chi connectivity index (χ4n) is 3.46. The molecule has 176 valence electrons. The number of carbonyl (C=O) groups is 2. The van der Waals surface area contributed by atoms with Crippen molar-refractivity contribution in [3.63, 3.8) is 0 Å². The summed E-state index contributed by atoms with van der Waals surface area (Å²) in [6, 6.07) is 30.7. The number of anilines is 2. The molecule has 3 N–H and O–H groups in total. The zero-order valence-electron chi connectivity index (χ0n) is 19.0. The minimum Gasteiger partial charge on any atom is -0.323 e. The number of hydrogen-bond acceptors (Lipinski definition) is 6. The summed E-state index contributed by atoms with van der Waals surface area (Å²) in [5, 5.41) is 7.76. The topological polar surface area (TPSA) is 114 Å². The summed E-state index contributed by atoms with van der Waals surface area (Å²) < 4.78 is 1.68. The maximum atomic E-state index is 12.4. The van der Waals surface area contributed by atoms with Crippen LogP contribution in [0.15, 0.2) is 109 Å². The van der Waals surface area contributed by atoms with Crippen molar-refractivity contribution in [2.75, 3.05) is 5.32 Å². The fraction of sp³-hybridized carbons (Fsp3) is 0. The van der Waals surface area contributed by atoms with Crippen molar-refractivity contribution in [2.24, 2.45) is 0 Å². The van der Waals surface area contributed by atoms with Crippen LogP contribution in [0.25, 0.3) is 17.2 Å². The molecule has 36 heavy (non-hydrogen) atoms. The number of aromatic nitrogens is 4. The lowest BCUT2D eigenvalue weighted by Gasteiger charge is -2.08. The van der Waals surface area contributed by atoms with Gasteiger partial charge >= 0.3 is 0 Å². The highest BCUT2D eigenvalue weighted by Crippen LogP contribution is 2.23. The van der Waals surface area contributed by atoms with Gasteiger partial charge in [0.05, 0.1) is 0 Å². The zero-order valence-corrected chi connectivity index (χ0v) is 19.0. The van der Waals surface area contributed by atoms with E-state index in [1.165, 1.54) is 0 Å². The number of pyridine rings is 1. The lowest BCUT2D eigenvalue weighted by atomic mass is 10.2. The first kappa shape index (κ1) is 22.5. The van der Waals surface area contributed by atoms with Gasteiger partial charge < -0.3 is 5.32 Å². The number of benzene rings is 3. The molecule has 5 aromatic rings. The average molecular weight is 476 g/mol. The van der Waals surface area contributed by atoms with Crippen LogP contribution < -0.4 is 16.2 Å². The van der Waals surface area contributed by atoms with E-state index in [0.717, 1.165) is 5.56 Å². The van der Waals surface area contributed by atoms with Gasteiger partial charge in [-0.05, 0) is 48.5 Å². The van der Waals surface area contributed by atoms with Crippen molar-refractivity contribution >= 4 is 23.5 Å². The Morgan fingerprint density at radius 3 is 1.92 bits per heavy atom. The molecule has 9 nitrogen and oxygen atoms in total. The first-order valence-electron chi connectivity index (χ1n) is 11.1. The van der Waals surface area contributed by atoms with Gasteiger partial charge in [-0.2, -0.15) is 9.67 Å². The summed E-state index contributed by atoms with van der Waals surface area (Å²) in [7, 11) is 0. The van der Waals surface area contributed by atoms with E-state index >= 15 is 0 Å². The van der Waals surface area contributed by atoms with Crippen molar-refractivity contribution in [1.82, 2.24) is 30.6 Å². The van der Waals surface area contributed by atoms with Crippen LogP contribution in [-0.4, -0.2) is 31.6 Å². The highest BCUT2D eigenvalue weighted by atomic mass is 16.2. The van der Waals surface area contributed by atoms with Crippen molar-refractivity contribution in [2.45, 2.75) is 0 Å². The van der Waals surface area contributed by atoms with Crippen molar-refractivity contribution < 1.29 is 9.59 Å². The molecule has 2 aromatic heterocycles. The molecule has 0 aliphatic heterocycles. The number of rotatable bonds is 6. The van der Waals surface area contributed by atoms with Crippen LogP contribution in [-0.2, 0) is 0 Å². The molecule has 5 rings (SSSR count). The molecular weight excluding hydrogens is 454 g/mol. The Morgan fingerprint density at radius 1 is 0.667 bits per heavy atom. The Hall–Kier alpha value is -5.31. The van der Waals surface area contributed by atoms with Crippen molar-refractivity contribution in [3.8, 4) is 17.2 Å². The smallest absolute Gasteiger partial charge is 0.269 e. The Balaban J connectivity index is 1.29. The molecule has 0 atom stereocenters. The molecule has 2 heterocycles. The first-order valence-corrected chi connectivity index (χ1v) is 11.1. The molecule has 0 saturated heterocycles. The Bertz CT molecular complexity index is 1410. The second-order valence-electron chi connectivity index (χ2n) is 7.70. The van der Waals surface area contributed by atoms with Crippen LogP contribution in [0.3, 0.4) is 0 Å². The van der Waals surface area contributed by atoms with Crippen LogP contribution >= 0.6 is 0 Å². The van der Waals surface area contributed by atoms with Crippen LogP contribution in [0, 0.1) is 0 Å². The molecule has 2 amide bonds. The van der Waals surface area contributed by atoms with Gasteiger partial charge in [-0.15, -0.1) is 5.10 Å². The van der Waals surface area contributed by atoms with E-state index in [1.807, 2.05) is 54.6 Å². The third kappa shape index (κ3) is 5.10. The minimum absolute atomic E-state index is 0.380. The van der Waals surface area contributed by atoms with E-state index in [-0.39, 0.29) is 0 Å². The number of nitrogens with one attached hydrogen (secondary N) is 3. The van der Waals surface area contributed by atoms with Crippen molar-refractivity contribution in [3.05, 3.63) is 120 Å². The number of hydrazine groups is 1. The quantitative estimate of drug-likeness (QED) is 0.318. The standard InChI is InChI=1S/C27H21N7O2/c35-25(20-11-5-2-6-12-20)31-32-26(36)21-14-16-22(17-15-21)29-27-30-24(19-9-3-1-4-10-19)34(33-27)23-13-7-8-18-28-23/h1-18H,(H,29,33)(H,31,35)(H,32,36). The second kappa shape index (κ2) is 10.3. The van der Waals surface area contributed by atoms with Crippen LogP contribution in [0.5, 0.6) is 0 Å². The van der Waals surface area contributed by atoms with E-state index in [4.69, 9.17) is 0 Å². The van der Waals surface area contributed by atoms with E-state index < -0.39 is 11.8 Å². The zero-order chi connectivity index (χ0) is 24.7. The molecule has 0 aliphatic carbocycles. The SMILES string of the molecule is O=C(NNC(=O)c1ccc(Nc2nc(-c3ccccc3)n(-c3ccccn3)n2)cc1)c1ccccc1. The largest absolute Gasteiger partial charge is 0.323 e. The van der Waals surface area contributed by atoms with Crippen LogP contribution in [0.4, 0.5) is 11.6 Å². The molecule has 9 heteroatoms. The number of carbonyl (C=O) groups excluding carboxylic acids is 2. The van der Waals surface area contributed by atoms with E-state index in [1.54, 1.807) is 59.4 Å². The van der Waals surface area contributed by atoms with Gasteiger partial charge in [0.15, 0.2) is 11.6 Å². The molecule has 0 spiro atoms. The lowest BCUT2D eigenvalue weighted by molar-refractivity contribution is 0.0846. The second-order valence-corrected chi connectivity index (χ2v) is 7.70. The lowest BCUT2D eigenvalue weighted by Crippen LogP contribution is -2.41. The molecule has 0 radical (unpaired) electrons. The van der Waals surface area contributed by atoms with Crippen LogP contribution in [0.1, 0.15) is 20.7 Å². The highest BCUT2D eigenvalue weighted by Gasteiger charge is 2.15. The van der Waals surface area contributed by atoms with Crippen LogP contribution in [0.2, 0.25) is 0 Å². The monoisotopic (exact) mass is 475 g/mol. The van der Waals surface area contributed by atoms with E-state index in [2.05, 4.69) is 31.2 Å². The molecule has 0 bridgehead atoms. The molecule has 0 fully saturated rings. The molecule has 0 aliphatic rings. The predicted octanol–water partition coefficient (Wildman–Crippen LogP) is 4.15. The molecular formula is C27H21N7O2. The van der Waals surface area contributed by atoms with Gasteiger partial charge in [0.1, 0.15) is 0 Å². The summed E-state index contributed by atoms with van der Waals surface area (Å²) in [5.41, 5.74) is 7.25. The summed E-state index contributed by atoms with van der Waals surface area (Å²) in [5.74, 6) is 0.830. The molecule has 3 aromatic carbocycles. The van der Waals surface area contributed by atoms with E-state index in [9.17, 15) is 9.59 Å². The molecule has 0 unspecified atom stereocenters. The maximum absolute atomic E-state index is 12.4. The summed E-state index contributed by atoms with van der Waals surface area (Å²) >= 11 is 0. The maximum Gasteiger partial charge on any atom is 0.269 e. The van der Waals surface area contributed by atoms with Gasteiger partial charge in [0.2, 0.25) is 5.95 Å². The summed E-state index contributed by atoms with van der Waals surface area (Å²) in [6.45, 7) is 0. The van der Waals surface area contributed by atoms with Gasteiger partial charge in [0, 0.05) is 28.6 Å². The Kier molecular flexibility index (Phi) is 6.44. The number of amides is 2. The Labute approximate surface area is 206 Å². The van der Waals surface area contributed by atoms with Gasteiger partial charge in [-0.25, -0.2) is 4.98 Å². The average Bonchev–Trinajstić information content (AvgIpc) is 3.37. The Morgan fingerprint density at radius 2 is 1.28 bits per heavy atom. The van der Waals surface area contributed by atoms with E-state index in [0.29, 0.717) is 34.4 Å². The fourth-order valence-corrected chi connectivity index (χ4v) is 3.46. The summed E-state index contributed by atoms with van der Waals surface area (Å²) in [6.07, 6.45) is 1.70. The highest BCUT2D eigenvalue weighted by molar-refractivity contribution is 5.99. The minimum atomic E-state index is -0.435. The molecule has 0 saturated carbocycles. The first-order chi connectivity index (χ1) is 17.7. The van der Waals surface area contributed by atoms with Gasteiger partial charge in [-0.1, -0.05) is 54.6 Å². The predicted molar refractivity (Wildman–Crippen MR) is 136 cm³/mol. The summed E-state index contributed by atoms with van der Waals surface area (Å²) in [4.78, 5) is 33.6. The third-order valence-corrected chi connectivity index (χ3v) is 5.23. The van der Waals surface area contributed by atoms with Gasteiger partial charge in [0.25, 0.3) is 11.8 Å². The number of hydrogen-bond donors (Lipinski definition) is 3. The van der Waals surface area contributed by atoms with Crippen molar-refractivity contribution in [1.29, 1.82) is 0 Å². The van der Waals surface area contributed by atoms with Gasteiger partial charge in [-0.3, -0.25) is 20.4 Å². The third-order valence-electron chi connectivity index (χ3n) is 5.23.